The van der Waals surface area contributed by atoms with E-state index < -0.39 is 5.97 Å². The Hall–Kier alpha value is -1.26. The highest BCUT2D eigenvalue weighted by atomic mass is 16.4. The number of amides is 2. The first-order chi connectivity index (χ1) is 8.88. The molecule has 1 atom stereocenters. The standard InChI is InChI=1S/C14H28N2O3/c1-5-16(12(4)10-13(17)18)14(19)15-9-7-6-8-11(2)3/h11-12H,5-10H2,1-4H3,(H,15,19)(H,17,18). The molecule has 0 aliphatic carbocycles. The fourth-order valence-electron chi connectivity index (χ4n) is 1.99. The molecule has 0 radical (unpaired) electrons. The molecule has 0 aromatic rings. The van der Waals surface area contributed by atoms with Gasteiger partial charge in [0, 0.05) is 19.1 Å². The third-order valence-corrected chi connectivity index (χ3v) is 3.09. The van der Waals surface area contributed by atoms with E-state index in [4.69, 9.17) is 5.11 Å². The zero-order chi connectivity index (χ0) is 14.8. The lowest BCUT2D eigenvalue weighted by molar-refractivity contribution is -0.138. The number of unbranched alkanes of at least 4 members (excludes halogenated alkanes) is 1. The van der Waals surface area contributed by atoms with Crippen molar-refractivity contribution in [2.45, 2.75) is 59.4 Å². The summed E-state index contributed by atoms with van der Waals surface area (Å²) in [5.41, 5.74) is 0. The van der Waals surface area contributed by atoms with Gasteiger partial charge in [0.15, 0.2) is 0 Å². The number of aliphatic carboxylic acids is 1. The number of nitrogens with one attached hydrogen (secondary N) is 1. The van der Waals surface area contributed by atoms with Crippen molar-refractivity contribution in [3.05, 3.63) is 0 Å². The smallest absolute Gasteiger partial charge is 0.317 e. The molecule has 1 unspecified atom stereocenters. The first-order valence-electron chi connectivity index (χ1n) is 7.14. The van der Waals surface area contributed by atoms with Crippen LogP contribution < -0.4 is 5.32 Å². The molecule has 2 N–H and O–H groups in total. The number of carboxylic acids is 1. The average Bonchev–Trinajstić information content (AvgIpc) is 2.27. The predicted octanol–water partition coefficient (Wildman–Crippen LogP) is 2.71. The molecule has 0 aromatic heterocycles. The van der Waals surface area contributed by atoms with E-state index in [1.54, 1.807) is 11.8 Å². The number of carbonyl (C=O) groups excluding carboxylic acids is 1. The highest BCUT2D eigenvalue weighted by Gasteiger charge is 2.20. The summed E-state index contributed by atoms with van der Waals surface area (Å²) < 4.78 is 0. The number of carboxylic acid groups (broad SMARTS) is 1. The number of nitrogens with zero attached hydrogens (tertiary/aromatic N) is 1. The van der Waals surface area contributed by atoms with Crippen LogP contribution in [0.3, 0.4) is 0 Å². The summed E-state index contributed by atoms with van der Waals surface area (Å²) in [5.74, 6) is -0.186. The summed E-state index contributed by atoms with van der Waals surface area (Å²) in [6, 6.07) is -0.445. The molecule has 19 heavy (non-hydrogen) atoms. The summed E-state index contributed by atoms with van der Waals surface area (Å²) in [6.45, 7) is 9.16. The molecule has 0 saturated carbocycles. The number of rotatable bonds is 9. The molecule has 0 rings (SSSR count). The van der Waals surface area contributed by atoms with Gasteiger partial charge in [0.2, 0.25) is 0 Å². The van der Waals surface area contributed by atoms with Gasteiger partial charge in [0.1, 0.15) is 0 Å². The summed E-state index contributed by atoms with van der Waals surface area (Å²) in [5, 5.41) is 11.6. The number of carbonyl (C=O) groups is 2. The molecule has 5 heteroatoms. The highest BCUT2D eigenvalue weighted by Crippen LogP contribution is 2.06. The Morgan fingerprint density at radius 3 is 2.32 bits per heavy atom. The largest absolute Gasteiger partial charge is 0.481 e. The topological polar surface area (TPSA) is 69.6 Å². The Bertz CT molecular complexity index is 280. The van der Waals surface area contributed by atoms with Crippen molar-refractivity contribution in [2.24, 2.45) is 5.92 Å². The second-order valence-corrected chi connectivity index (χ2v) is 5.35. The van der Waals surface area contributed by atoms with Crippen molar-refractivity contribution < 1.29 is 14.7 Å². The molecule has 0 bridgehead atoms. The van der Waals surface area contributed by atoms with Crippen LogP contribution in [0.15, 0.2) is 0 Å². The maximum atomic E-state index is 11.9. The van der Waals surface area contributed by atoms with Crippen LogP contribution in [0.1, 0.15) is 53.4 Å². The molecule has 5 nitrogen and oxygen atoms in total. The van der Waals surface area contributed by atoms with Gasteiger partial charge in [0.25, 0.3) is 0 Å². The second kappa shape index (κ2) is 9.64. The molecular weight excluding hydrogens is 244 g/mol. The molecule has 0 heterocycles. The maximum absolute atomic E-state index is 11.9. The van der Waals surface area contributed by atoms with Gasteiger partial charge in [0.05, 0.1) is 6.42 Å². The summed E-state index contributed by atoms with van der Waals surface area (Å²) in [4.78, 5) is 24.1. The average molecular weight is 272 g/mol. The number of hydrogen-bond donors (Lipinski definition) is 2. The van der Waals surface area contributed by atoms with Crippen LogP contribution in [0, 0.1) is 5.92 Å². The number of urea groups is 1. The van der Waals surface area contributed by atoms with Gasteiger partial charge in [-0.1, -0.05) is 26.7 Å². The van der Waals surface area contributed by atoms with Gasteiger partial charge >= 0.3 is 12.0 Å². The van der Waals surface area contributed by atoms with E-state index >= 15 is 0 Å². The van der Waals surface area contributed by atoms with Crippen LogP contribution >= 0.6 is 0 Å². The van der Waals surface area contributed by atoms with E-state index in [0.29, 0.717) is 19.0 Å². The maximum Gasteiger partial charge on any atom is 0.317 e. The van der Waals surface area contributed by atoms with Crippen molar-refractivity contribution in [1.29, 1.82) is 0 Å². The Morgan fingerprint density at radius 2 is 1.84 bits per heavy atom. The lowest BCUT2D eigenvalue weighted by Gasteiger charge is -2.27. The Kier molecular flexibility index (Phi) is 9.00. The molecule has 0 aliphatic heterocycles. The Balaban J connectivity index is 3.97. The Morgan fingerprint density at radius 1 is 1.21 bits per heavy atom. The van der Waals surface area contributed by atoms with Gasteiger partial charge in [-0.05, 0) is 26.2 Å². The fraction of sp³-hybridized carbons (Fsp3) is 0.857. The lowest BCUT2D eigenvalue weighted by Crippen LogP contribution is -2.45. The first kappa shape index (κ1) is 17.7. The van der Waals surface area contributed by atoms with E-state index in [-0.39, 0.29) is 18.5 Å². The van der Waals surface area contributed by atoms with E-state index in [2.05, 4.69) is 19.2 Å². The van der Waals surface area contributed by atoms with Crippen molar-refractivity contribution in [3.63, 3.8) is 0 Å². The van der Waals surface area contributed by atoms with Crippen LogP contribution in [0.5, 0.6) is 0 Å². The minimum absolute atomic E-state index is 0.0192. The van der Waals surface area contributed by atoms with Gasteiger partial charge in [-0.2, -0.15) is 0 Å². The first-order valence-corrected chi connectivity index (χ1v) is 7.14. The second-order valence-electron chi connectivity index (χ2n) is 5.35. The van der Waals surface area contributed by atoms with Crippen LogP contribution in [0.2, 0.25) is 0 Å². The van der Waals surface area contributed by atoms with Crippen molar-refractivity contribution >= 4 is 12.0 Å². The van der Waals surface area contributed by atoms with Crippen molar-refractivity contribution in [3.8, 4) is 0 Å². The molecule has 2 amide bonds. The molecule has 0 spiro atoms. The quantitative estimate of drug-likeness (QED) is 0.634. The van der Waals surface area contributed by atoms with Crippen molar-refractivity contribution in [2.75, 3.05) is 13.1 Å². The van der Waals surface area contributed by atoms with Gasteiger partial charge < -0.3 is 15.3 Å². The third-order valence-electron chi connectivity index (χ3n) is 3.09. The van der Waals surface area contributed by atoms with E-state index in [1.165, 1.54) is 6.42 Å². The minimum atomic E-state index is -0.879. The predicted molar refractivity (Wildman–Crippen MR) is 76.2 cm³/mol. The van der Waals surface area contributed by atoms with Crippen LogP contribution in [-0.2, 0) is 4.79 Å². The van der Waals surface area contributed by atoms with E-state index in [1.807, 2.05) is 6.92 Å². The van der Waals surface area contributed by atoms with E-state index in [9.17, 15) is 9.59 Å². The van der Waals surface area contributed by atoms with Crippen LogP contribution in [0.25, 0.3) is 0 Å². The zero-order valence-corrected chi connectivity index (χ0v) is 12.6. The third kappa shape index (κ3) is 8.46. The molecule has 112 valence electrons. The zero-order valence-electron chi connectivity index (χ0n) is 12.6. The fourth-order valence-corrected chi connectivity index (χ4v) is 1.99. The van der Waals surface area contributed by atoms with Gasteiger partial charge in [-0.3, -0.25) is 4.79 Å². The van der Waals surface area contributed by atoms with Crippen molar-refractivity contribution in [1.82, 2.24) is 10.2 Å². The van der Waals surface area contributed by atoms with Gasteiger partial charge in [-0.15, -0.1) is 0 Å². The monoisotopic (exact) mass is 272 g/mol. The molecule has 0 fully saturated rings. The lowest BCUT2D eigenvalue weighted by atomic mass is 10.1. The summed E-state index contributed by atoms with van der Waals surface area (Å²) >= 11 is 0. The normalized spacial score (nSPS) is 12.3. The van der Waals surface area contributed by atoms with Crippen LogP contribution in [-0.4, -0.2) is 41.1 Å². The SMILES string of the molecule is CCN(C(=O)NCCCCC(C)C)C(C)CC(=O)O. The molecule has 0 aliphatic rings. The van der Waals surface area contributed by atoms with E-state index in [0.717, 1.165) is 12.8 Å². The molecular formula is C14H28N2O3. The van der Waals surface area contributed by atoms with Crippen LogP contribution in [0.4, 0.5) is 4.79 Å². The molecule has 0 saturated heterocycles. The Labute approximate surface area is 116 Å². The van der Waals surface area contributed by atoms with Gasteiger partial charge in [-0.25, -0.2) is 4.79 Å². The molecule has 0 aromatic carbocycles. The minimum Gasteiger partial charge on any atom is -0.481 e. The summed E-state index contributed by atoms with van der Waals surface area (Å²) in [7, 11) is 0. The number of hydrogen-bond acceptors (Lipinski definition) is 2. The summed E-state index contributed by atoms with van der Waals surface area (Å²) in [6.07, 6.45) is 3.22. The highest BCUT2D eigenvalue weighted by molar-refractivity contribution is 5.75.